The summed E-state index contributed by atoms with van der Waals surface area (Å²) in [6, 6.07) is 31.4. The highest BCUT2D eigenvalue weighted by Gasteiger charge is 2.52. The Morgan fingerprint density at radius 1 is 0.625 bits per heavy atom. The van der Waals surface area contributed by atoms with Gasteiger partial charge in [-0.1, -0.05) is 71.3 Å². The monoisotopic (exact) mass is 511 g/mol. The molecular weight excluding hydrogens is 488 g/mol. The average molecular weight is 511 g/mol. The number of nitrogens with zero attached hydrogens (tertiary/aromatic N) is 1. The molecule has 4 aliphatic heterocycles. The van der Waals surface area contributed by atoms with E-state index < -0.39 is 0 Å². The molecule has 0 spiro atoms. The molecule has 0 atom stereocenters. The highest BCUT2D eigenvalue weighted by atomic mass is 16.5. The fraction of sp³-hybridized carbons (Fsp3) is 0.0857. The molecule has 0 bridgehead atoms. The van der Waals surface area contributed by atoms with E-state index in [0.29, 0.717) is 0 Å². The topological polar surface area (TPSA) is 25.6 Å². The van der Waals surface area contributed by atoms with Crippen molar-refractivity contribution in [1.82, 2.24) is 0 Å². The molecule has 186 valence electrons. The number of para-hydroxylation sites is 1. The Morgan fingerprint density at radius 3 is 2.12 bits per heavy atom. The molecule has 0 saturated heterocycles. The molecule has 0 radical (unpaired) electrons. The molecule has 10 rings (SSSR count). The van der Waals surface area contributed by atoms with Crippen LogP contribution in [0.5, 0.6) is 11.5 Å². The van der Waals surface area contributed by atoms with Crippen LogP contribution in [0.25, 0.3) is 33.2 Å². The standard InChI is InChI=1S/C35H23B2NO2/c1-18-8-10-21-23-12-13-30-31-33(23)38-32-25(22-11-9-19(2)16-27(22)37(38)26(21)15-18)14-20(3)17-28(32)36(31)35-34(39-30)24-6-4-5-7-29(24)40-35/h4-17H,1-3H3. The van der Waals surface area contributed by atoms with Crippen molar-refractivity contribution in [2.45, 2.75) is 20.8 Å². The van der Waals surface area contributed by atoms with E-state index in [9.17, 15) is 0 Å². The highest BCUT2D eigenvalue weighted by molar-refractivity contribution is 7.02. The van der Waals surface area contributed by atoms with Crippen LogP contribution < -0.4 is 37.1 Å². The molecule has 5 aromatic carbocycles. The lowest BCUT2D eigenvalue weighted by molar-refractivity contribution is 0.482. The van der Waals surface area contributed by atoms with Crippen LogP contribution in [0, 0.1) is 20.8 Å². The molecule has 6 aromatic rings. The van der Waals surface area contributed by atoms with Gasteiger partial charge in [0.25, 0.3) is 0 Å². The zero-order chi connectivity index (χ0) is 26.4. The predicted octanol–water partition coefficient (Wildman–Crippen LogP) is 5.20. The van der Waals surface area contributed by atoms with Gasteiger partial charge in [0.2, 0.25) is 0 Å². The van der Waals surface area contributed by atoms with E-state index in [-0.39, 0.29) is 13.6 Å². The Balaban J connectivity index is 1.42. The minimum atomic E-state index is -0.0364. The summed E-state index contributed by atoms with van der Waals surface area (Å²) in [4.78, 5) is 2.63. The third-order valence-electron chi connectivity index (χ3n) is 9.43. The van der Waals surface area contributed by atoms with Crippen molar-refractivity contribution in [2.24, 2.45) is 0 Å². The first-order valence-electron chi connectivity index (χ1n) is 14.1. The van der Waals surface area contributed by atoms with Gasteiger partial charge in [-0.3, -0.25) is 0 Å². The van der Waals surface area contributed by atoms with Gasteiger partial charge in [-0.05, 0) is 78.6 Å². The number of anilines is 2. The van der Waals surface area contributed by atoms with Gasteiger partial charge in [-0.15, -0.1) is 0 Å². The Kier molecular flexibility index (Phi) is 3.67. The molecule has 0 amide bonds. The first kappa shape index (κ1) is 21.2. The van der Waals surface area contributed by atoms with Crippen LogP contribution in [-0.4, -0.2) is 13.6 Å². The molecule has 3 nitrogen and oxygen atoms in total. The molecule has 0 N–H and O–H groups in total. The zero-order valence-electron chi connectivity index (χ0n) is 22.5. The summed E-state index contributed by atoms with van der Waals surface area (Å²) >= 11 is 0. The summed E-state index contributed by atoms with van der Waals surface area (Å²) in [6.07, 6.45) is 0. The van der Waals surface area contributed by atoms with Gasteiger partial charge in [-0.25, -0.2) is 0 Å². The minimum absolute atomic E-state index is 0.0364. The number of ether oxygens (including phenoxy) is 1. The van der Waals surface area contributed by atoms with Crippen LogP contribution >= 0.6 is 0 Å². The van der Waals surface area contributed by atoms with E-state index >= 15 is 0 Å². The summed E-state index contributed by atoms with van der Waals surface area (Å²) < 4.78 is 13.4. The maximum Gasteiger partial charge on any atom is 0.329 e. The average Bonchev–Trinajstić information content (AvgIpc) is 3.33. The first-order chi connectivity index (χ1) is 19.6. The van der Waals surface area contributed by atoms with Crippen LogP contribution in [0.4, 0.5) is 11.4 Å². The Morgan fingerprint density at radius 2 is 1.32 bits per heavy atom. The fourth-order valence-electron chi connectivity index (χ4n) is 7.93. The summed E-state index contributed by atoms with van der Waals surface area (Å²) in [7, 11) is 0. The van der Waals surface area contributed by atoms with Gasteiger partial charge in [0.05, 0.1) is 5.39 Å². The number of hydrogen-bond donors (Lipinski definition) is 0. The second kappa shape index (κ2) is 6.92. The molecule has 0 saturated carbocycles. The smallest absolute Gasteiger partial charge is 0.329 e. The molecule has 40 heavy (non-hydrogen) atoms. The second-order valence-corrected chi connectivity index (χ2v) is 11.9. The lowest BCUT2D eigenvalue weighted by atomic mass is 9.32. The van der Waals surface area contributed by atoms with E-state index in [1.807, 2.05) is 12.1 Å². The number of aryl methyl sites for hydroxylation is 3. The summed E-state index contributed by atoms with van der Waals surface area (Å²) in [5.74, 6) is 1.79. The van der Waals surface area contributed by atoms with Gasteiger partial charge >= 0.3 is 13.6 Å². The third kappa shape index (κ3) is 2.37. The first-order valence-corrected chi connectivity index (χ1v) is 14.1. The van der Waals surface area contributed by atoms with Crippen molar-refractivity contribution in [2.75, 3.05) is 4.81 Å². The Hall–Kier alpha value is -4.63. The van der Waals surface area contributed by atoms with Gasteiger partial charge in [-0.2, -0.15) is 0 Å². The number of benzene rings is 5. The van der Waals surface area contributed by atoms with Crippen LogP contribution in [-0.2, 0) is 0 Å². The maximum absolute atomic E-state index is 6.75. The van der Waals surface area contributed by atoms with E-state index in [1.54, 1.807) is 0 Å². The maximum atomic E-state index is 6.75. The molecular formula is C35H23B2NO2. The number of rotatable bonds is 0. The number of hydrogen-bond acceptors (Lipinski definition) is 3. The highest BCUT2D eigenvalue weighted by Crippen LogP contribution is 2.50. The molecule has 0 unspecified atom stereocenters. The van der Waals surface area contributed by atoms with Crippen LogP contribution in [0.2, 0.25) is 0 Å². The normalized spacial score (nSPS) is 14.4. The van der Waals surface area contributed by atoms with Crippen molar-refractivity contribution >= 4 is 63.4 Å². The van der Waals surface area contributed by atoms with E-state index in [1.165, 1.54) is 72.2 Å². The molecule has 5 heteroatoms. The summed E-state index contributed by atoms with van der Waals surface area (Å²) in [5.41, 5.74) is 18.7. The van der Waals surface area contributed by atoms with Crippen molar-refractivity contribution in [3.05, 3.63) is 102 Å². The predicted molar refractivity (Wildman–Crippen MR) is 166 cm³/mol. The minimum Gasteiger partial charge on any atom is -0.466 e. The summed E-state index contributed by atoms with van der Waals surface area (Å²) in [6.45, 7) is 6.68. The fourth-order valence-corrected chi connectivity index (χ4v) is 7.93. The Bertz CT molecular complexity index is 2160. The van der Waals surface area contributed by atoms with Gasteiger partial charge in [0.1, 0.15) is 17.0 Å². The number of fused-ring (bicyclic) bond motifs is 11. The molecule has 1 aromatic heterocycles. The van der Waals surface area contributed by atoms with Crippen LogP contribution in [0.15, 0.2) is 89.3 Å². The lowest BCUT2D eigenvalue weighted by Crippen LogP contribution is -2.68. The number of furan rings is 1. The zero-order valence-corrected chi connectivity index (χ0v) is 22.5. The van der Waals surface area contributed by atoms with Crippen molar-refractivity contribution in [3.8, 4) is 33.8 Å². The molecule has 4 aliphatic rings. The van der Waals surface area contributed by atoms with E-state index in [0.717, 1.165) is 28.1 Å². The van der Waals surface area contributed by atoms with Crippen molar-refractivity contribution in [1.29, 1.82) is 0 Å². The van der Waals surface area contributed by atoms with Gasteiger partial charge in [0.15, 0.2) is 5.75 Å². The Labute approximate surface area is 233 Å². The quantitative estimate of drug-likeness (QED) is 0.262. The largest absolute Gasteiger partial charge is 0.466 e. The van der Waals surface area contributed by atoms with Crippen LogP contribution in [0.1, 0.15) is 16.7 Å². The van der Waals surface area contributed by atoms with E-state index in [2.05, 4.69) is 98.4 Å². The van der Waals surface area contributed by atoms with Crippen LogP contribution in [0.3, 0.4) is 0 Å². The van der Waals surface area contributed by atoms with E-state index in [4.69, 9.17) is 9.15 Å². The lowest BCUT2D eigenvalue weighted by Gasteiger charge is -2.49. The second-order valence-electron chi connectivity index (χ2n) is 11.9. The third-order valence-corrected chi connectivity index (χ3v) is 9.43. The SMILES string of the molecule is Cc1ccc2c(c1)B1c3cc(C)ccc3-c3ccc4c5c3N1c1c(cc(C)cc1-2)B5c1oc2ccccc2c1O4. The van der Waals surface area contributed by atoms with Gasteiger partial charge < -0.3 is 14.0 Å². The molecule has 0 fully saturated rings. The summed E-state index contributed by atoms with van der Waals surface area (Å²) in [5, 5.41) is 1.03. The van der Waals surface area contributed by atoms with Gasteiger partial charge in [0, 0.05) is 28.0 Å². The van der Waals surface area contributed by atoms with Crippen molar-refractivity contribution < 1.29 is 9.15 Å². The van der Waals surface area contributed by atoms with Crippen molar-refractivity contribution in [3.63, 3.8) is 0 Å². The molecule has 5 heterocycles. The molecule has 0 aliphatic carbocycles.